The van der Waals surface area contributed by atoms with E-state index in [4.69, 9.17) is 0 Å². The summed E-state index contributed by atoms with van der Waals surface area (Å²) in [5.74, 6) is 0.292. The highest BCUT2D eigenvalue weighted by molar-refractivity contribution is 5.43. The Bertz CT molecular complexity index is 895. The van der Waals surface area contributed by atoms with E-state index in [-0.39, 0.29) is 5.54 Å². The summed E-state index contributed by atoms with van der Waals surface area (Å²) >= 11 is 0. The Kier molecular flexibility index (Phi) is 13.6. The molecule has 3 aromatic carbocycles. The molecule has 200 valence electrons. The second-order valence-corrected chi connectivity index (χ2v) is 10.8. The van der Waals surface area contributed by atoms with Crippen molar-refractivity contribution in [3.05, 3.63) is 108 Å². The second-order valence-electron chi connectivity index (χ2n) is 10.8. The molecular weight excluding hydrogens is 446 g/mol. The summed E-state index contributed by atoms with van der Waals surface area (Å²) in [7, 11) is 0. The Balaban J connectivity index is 1.54. The van der Waals surface area contributed by atoms with Gasteiger partial charge in [0.05, 0.1) is 5.54 Å². The van der Waals surface area contributed by atoms with Gasteiger partial charge in [0.2, 0.25) is 0 Å². The largest absolute Gasteiger partial charge is 0.303 e. The molecule has 0 aliphatic rings. The lowest BCUT2D eigenvalue weighted by Gasteiger charge is -2.42. The Labute approximate surface area is 228 Å². The van der Waals surface area contributed by atoms with E-state index in [1.165, 1.54) is 100 Å². The van der Waals surface area contributed by atoms with Crippen molar-refractivity contribution in [2.24, 2.45) is 0 Å². The van der Waals surface area contributed by atoms with E-state index in [1.807, 2.05) is 0 Å². The number of hydrogen-bond donors (Lipinski definition) is 1. The topological polar surface area (TPSA) is 12.0 Å². The fourth-order valence-corrected chi connectivity index (χ4v) is 5.85. The molecule has 0 heterocycles. The van der Waals surface area contributed by atoms with Crippen molar-refractivity contribution < 1.29 is 0 Å². The van der Waals surface area contributed by atoms with Gasteiger partial charge in [-0.2, -0.15) is 0 Å². The molecule has 1 unspecified atom stereocenters. The summed E-state index contributed by atoms with van der Waals surface area (Å²) in [6.45, 7) is 5.70. The van der Waals surface area contributed by atoms with Crippen LogP contribution >= 0.6 is 0 Å². The van der Waals surface area contributed by atoms with Gasteiger partial charge < -0.3 is 5.32 Å². The highest BCUT2D eigenvalue weighted by Gasteiger charge is 2.39. The molecule has 0 bridgehead atoms. The van der Waals surface area contributed by atoms with Gasteiger partial charge in [0.25, 0.3) is 0 Å². The van der Waals surface area contributed by atoms with Gasteiger partial charge in [0.15, 0.2) is 0 Å². The first-order chi connectivity index (χ1) is 18.3. The lowest BCUT2D eigenvalue weighted by molar-refractivity contribution is 0.337. The minimum atomic E-state index is -0.263. The molecule has 0 aliphatic carbocycles. The van der Waals surface area contributed by atoms with E-state index in [2.05, 4.69) is 110 Å². The Morgan fingerprint density at radius 2 is 0.892 bits per heavy atom. The van der Waals surface area contributed by atoms with Gasteiger partial charge in [-0.1, -0.05) is 182 Å². The zero-order chi connectivity index (χ0) is 26.0. The van der Waals surface area contributed by atoms with Crippen LogP contribution in [0.1, 0.15) is 120 Å². The zero-order valence-corrected chi connectivity index (χ0v) is 23.6. The third-order valence-corrected chi connectivity index (χ3v) is 8.09. The van der Waals surface area contributed by atoms with E-state index in [1.54, 1.807) is 0 Å². The fraction of sp³-hybridized carbons (Fsp3) is 0.500. The molecule has 0 aliphatic heterocycles. The van der Waals surface area contributed by atoms with Crippen LogP contribution in [0.2, 0.25) is 0 Å². The Morgan fingerprint density at radius 1 is 0.514 bits per heavy atom. The average molecular weight is 498 g/mol. The second kappa shape index (κ2) is 17.2. The van der Waals surface area contributed by atoms with Crippen molar-refractivity contribution in [1.82, 2.24) is 5.32 Å². The molecule has 1 atom stereocenters. The average Bonchev–Trinajstić information content (AvgIpc) is 2.96. The molecule has 0 aromatic heterocycles. The molecule has 3 aromatic rings. The van der Waals surface area contributed by atoms with Gasteiger partial charge in [-0.05, 0) is 29.7 Å². The minimum absolute atomic E-state index is 0.263. The first-order valence-electron chi connectivity index (χ1n) is 15.2. The quantitative estimate of drug-likeness (QED) is 0.162. The molecule has 0 fully saturated rings. The molecule has 3 rings (SSSR count). The smallest absolute Gasteiger partial charge is 0.0757 e. The number of rotatable bonds is 19. The summed E-state index contributed by atoms with van der Waals surface area (Å²) in [6, 6.07) is 33.1. The molecule has 1 heteroatoms. The third kappa shape index (κ3) is 9.15. The van der Waals surface area contributed by atoms with Crippen molar-refractivity contribution >= 4 is 0 Å². The molecule has 0 spiro atoms. The molecule has 0 saturated heterocycles. The Morgan fingerprint density at radius 3 is 1.32 bits per heavy atom. The number of hydrogen-bond acceptors (Lipinski definition) is 1. The monoisotopic (exact) mass is 497 g/mol. The number of benzene rings is 3. The van der Waals surface area contributed by atoms with Gasteiger partial charge in [-0.15, -0.1) is 0 Å². The molecular formula is C36H51N. The van der Waals surface area contributed by atoms with Gasteiger partial charge in [0, 0.05) is 5.92 Å². The van der Waals surface area contributed by atoms with Crippen molar-refractivity contribution in [2.45, 2.75) is 109 Å². The predicted molar refractivity (Wildman–Crippen MR) is 162 cm³/mol. The highest BCUT2D eigenvalue weighted by atomic mass is 15.0. The molecule has 0 saturated carbocycles. The van der Waals surface area contributed by atoms with E-state index in [0.29, 0.717) is 5.92 Å². The summed E-state index contributed by atoms with van der Waals surface area (Å²) in [5, 5.41) is 4.10. The van der Waals surface area contributed by atoms with Crippen molar-refractivity contribution in [3.8, 4) is 0 Å². The third-order valence-electron chi connectivity index (χ3n) is 8.09. The molecule has 0 radical (unpaired) electrons. The lowest BCUT2D eigenvalue weighted by Crippen LogP contribution is -2.48. The summed E-state index contributed by atoms with van der Waals surface area (Å²) in [5.41, 5.74) is 3.79. The van der Waals surface area contributed by atoms with Crippen LogP contribution in [0.3, 0.4) is 0 Å². The van der Waals surface area contributed by atoms with Gasteiger partial charge in [-0.25, -0.2) is 0 Å². The maximum atomic E-state index is 4.10. The highest BCUT2D eigenvalue weighted by Crippen LogP contribution is 2.42. The van der Waals surface area contributed by atoms with Gasteiger partial charge >= 0.3 is 0 Å². The van der Waals surface area contributed by atoms with Crippen molar-refractivity contribution in [2.75, 3.05) is 6.54 Å². The van der Waals surface area contributed by atoms with Gasteiger partial charge in [-0.3, -0.25) is 0 Å². The standard InChI is InChI=1S/C36H51N/c1-3-4-5-6-7-8-9-10-11-12-13-14-24-31-37-36(34-27-20-16-21-28-34,35-29-22-17-23-30-35)32(2)33-25-18-15-19-26-33/h15-23,25-30,32,37H,3-14,24,31H2,1-2H3. The van der Waals surface area contributed by atoms with Gasteiger partial charge in [0.1, 0.15) is 0 Å². The van der Waals surface area contributed by atoms with E-state index < -0.39 is 0 Å². The lowest BCUT2D eigenvalue weighted by atomic mass is 9.71. The Hall–Kier alpha value is -2.38. The maximum absolute atomic E-state index is 4.10. The zero-order valence-electron chi connectivity index (χ0n) is 23.6. The molecule has 0 amide bonds. The number of nitrogens with one attached hydrogen (secondary N) is 1. The first-order valence-corrected chi connectivity index (χ1v) is 15.2. The van der Waals surface area contributed by atoms with E-state index in [0.717, 1.165) is 6.54 Å². The van der Waals surface area contributed by atoms with E-state index >= 15 is 0 Å². The van der Waals surface area contributed by atoms with Crippen LogP contribution < -0.4 is 5.32 Å². The SMILES string of the molecule is CCCCCCCCCCCCCCCNC(c1ccccc1)(c1ccccc1)C(C)c1ccccc1. The fourth-order valence-electron chi connectivity index (χ4n) is 5.85. The van der Waals surface area contributed by atoms with Crippen LogP contribution in [0, 0.1) is 0 Å². The van der Waals surface area contributed by atoms with Crippen molar-refractivity contribution in [1.29, 1.82) is 0 Å². The maximum Gasteiger partial charge on any atom is 0.0757 e. The molecule has 1 N–H and O–H groups in total. The summed E-state index contributed by atoms with van der Waals surface area (Å²) in [6.07, 6.45) is 18.1. The van der Waals surface area contributed by atoms with Crippen LogP contribution in [0.4, 0.5) is 0 Å². The van der Waals surface area contributed by atoms with Crippen LogP contribution in [0.5, 0.6) is 0 Å². The summed E-state index contributed by atoms with van der Waals surface area (Å²) in [4.78, 5) is 0. The predicted octanol–water partition coefficient (Wildman–Crippen LogP) is 10.4. The van der Waals surface area contributed by atoms with Crippen LogP contribution in [-0.4, -0.2) is 6.54 Å². The van der Waals surface area contributed by atoms with Crippen LogP contribution in [0.25, 0.3) is 0 Å². The molecule has 1 nitrogen and oxygen atoms in total. The first kappa shape index (κ1) is 29.2. The van der Waals surface area contributed by atoms with Crippen LogP contribution in [-0.2, 0) is 5.54 Å². The summed E-state index contributed by atoms with van der Waals surface area (Å²) < 4.78 is 0. The molecule has 37 heavy (non-hydrogen) atoms. The van der Waals surface area contributed by atoms with Crippen molar-refractivity contribution in [3.63, 3.8) is 0 Å². The minimum Gasteiger partial charge on any atom is -0.303 e. The number of unbranched alkanes of at least 4 members (excludes halogenated alkanes) is 12. The van der Waals surface area contributed by atoms with Crippen LogP contribution in [0.15, 0.2) is 91.0 Å². The normalized spacial score (nSPS) is 12.5. The van der Waals surface area contributed by atoms with E-state index in [9.17, 15) is 0 Å².